The van der Waals surface area contributed by atoms with Crippen LogP contribution in [0.1, 0.15) is 38.5 Å². The van der Waals surface area contributed by atoms with E-state index in [2.05, 4.69) is 15.9 Å². The quantitative estimate of drug-likeness (QED) is 0.575. The molecule has 0 saturated carbocycles. The van der Waals surface area contributed by atoms with Crippen LogP contribution in [-0.4, -0.2) is 42.9 Å². The molecule has 0 aliphatic carbocycles. The lowest BCUT2D eigenvalue weighted by Gasteiger charge is -2.23. The van der Waals surface area contributed by atoms with E-state index in [1.54, 1.807) is 0 Å². The van der Waals surface area contributed by atoms with E-state index in [1.165, 1.54) is 11.3 Å². The van der Waals surface area contributed by atoms with Crippen molar-refractivity contribution in [1.82, 2.24) is 4.98 Å². The highest BCUT2D eigenvalue weighted by atomic mass is 79.9. The lowest BCUT2D eigenvalue weighted by atomic mass is 10.1. The molecule has 0 N–H and O–H groups in total. The molecule has 1 amide bonds. The first kappa shape index (κ1) is 20.0. The number of hydrogen-bond acceptors (Lipinski definition) is 5. The maximum atomic E-state index is 13.1. The number of nitrogens with zero attached hydrogens (tertiary/aromatic N) is 2. The zero-order valence-electron chi connectivity index (χ0n) is 15.8. The summed E-state index contributed by atoms with van der Waals surface area (Å²) in [5.41, 5.74) is 1.95. The molecule has 4 rings (SSSR count). The Morgan fingerprint density at radius 1 is 1.14 bits per heavy atom. The first-order valence-corrected chi connectivity index (χ1v) is 11.6. The molecule has 1 aromatic heterocycles. The summed E-state index contributed by atoms with van der Waals surface area (Å²) in [6.45, 7) is 2.18. The van der Waals surface area contributed by atoms with E-state index in [9.17, 15) is 4.79 Å². The Hall–Kier alpha value is -1.28. The first-order valence-electron chi connectivity index (χ1n) is 9.94. The van der Waals surface area contributed by atoms with Crippen LogP contribution >= 0.6 is 27.3 Å². The number of carbonyl (C=O) groups is 1. The average molecular weight is 465 g/mol. The predicted molar refractivity (Wildman–Crippen MR) is 115 cm³/mol. The molecule has 1 aromatic carbocycles. The van der Waals surface area contributed by atoms with Crippen LogP contribution in [0.4, 0.5) is 5.13 Å². The van der Waals surface area contributed by atoms with Crippen molar-refractivity contribution in [2.45, 2.75) is 50.7 Å². The van der Waals surface area contributed by atoms with Crippen molar-refractivity contribution in [3.63, 3.8) is 0 Å². The molecule has 0 bridgehead atoms. The van der Waals surface area contributed by atoms with Gasteiger partial charge in [-0.3, -0.25) is 9.69 Å². The highest BCUT2D eigenvalue weighted by molar-refractivity contribution is 9.10. The predicted octanol–water partition coefficient (Wildman–Crippen LogP) is 5.04. The summed E-state index contributed by atoms with van der Waals surface area (Å²) in [6.07, 6.45) is 5.82. The van der Waals surface area contributed by atoms with E-state index in [4.69, 9.17) is 14.5 Å². The van der Waals surface area contributed by atoms with Gasteiger partial charge >= 0.3 is 0 Å². The van der Waals surface area contributed by atoms with E-state index in [-0.39, 0.29) is 18.1 Å². The normalized spacial score (nSPS) is 21.9. The number of benzene rings is 1. The van der Waals surface area contributed by atoms with E-state index >= 15 is 0 Å². The molecule has 5 nitrogen and oxygen atoms in total. The van der Waals surface area contributed by atoms with Gasteiger partial charge in [-0.2, -0.15) is 0 Å². The van der Waals surface area contributed by atoms with Crippen molar-refractivity contribution in [2.75, 3.05) is 24.7 Å². The second-order valence-electron chi connectivity index (χ2n) is 7.34. The van der Waals surface area contributed by atoms with Crippen LogP contribution in [0.25, 0.3) is 11.3 Å². The van der Waals surface area contributed by atoms with Crippen LogP contribution in [0.15, 0.2) is 34.1 Å². The fourth-order valence-electron chi connectivity index (χ4n) is 3.71. The molecular weight excluding hydrogens is 440 g/mol. The zero-order chi connectivity index (χ0) is 19.3. The molecule has 2 atom stereocenters. The van der Waals surface area contributed by atoms with Crippen molar-refractivity contribution in [1.29, 1.82) is 0 Å². The Morgan fingerprint density at radius 2 is 1.86 bits per heavy atom. The summed E-state index contributed by atoms with van der Waals surface area (Å²) in [5, 5.41) is 2.78. The molecule has 28 heavy (non-hydrogen) atoms. The topological polar surface area (TPSA) is 51.7 Å². The largest absolute Gasteiger partial charge is 0.378 e. The number of aromatic nitrogens is 1. The van der Waals surface area contributed by atoms with E-state index in [1.807, 2.05) is 34.5 Å². The van der Waals surface area contributed by atoms with Gasteiger partial charge in [0.25, 0.3) is 0 Å². The number of rotatable bonds is 7. The summed E-state index contributed by atoms with van der Waals surface area (Å²) in [4.78, 5) is 19.7. The summed E-state index contributed by atoms with van der Waals surface area (Å²) < 4.78 is 12.5. The van der Waals surface area contributed by atoms with Crippen LogP contribution in [0.5, 0.6) is 0 Å². The van der Waals surface area contributed by atoms with E-state index < -0.39 is 0 Å². The van der Waals surface area contributed by atoms with Gasteiger partial charge in [-0.25, -0.2) is 4.98 Å². The second-order valence-corrected chi connectivity index (χ2v) is 9.09. The van der Waals surface area contributed by atoms with Gasteiger partial charge in [0.15, 0.2) is 5.13 Å². The summed E-state index contributed by atoms with van der Waals surface area (Å²) >= 11 is 4.99. The molecule has 7 heteroatoms. The SMILES string of the molecule is O=C(CCC1CCCO1)N(CC1CCCO1)c1nc(-c2ccc(Br)cc2)cs1. The highest BCUT2D eigenvalue weighted by Gasteiger charge is 2.27. The van der Waals surface area contributed by atoms with Crippen LogP contribution in [0.2, 0.25) is 0 Å². The van der Waals surface area contributed by atoms with Crippen LogP contribution < -0.4 is 4.90 Å². The van der Waals surface area contributed by atoms with Crippen molar-refractivity contribution in [3.8, 4) is 11.3 Å². The first-order chi connectivity index (χ1) is 13.7. The molecule has 2 aliphatic heterocycles. The van der Waals surface area contributed by atoms with Gasteiger partial charge in [0, 0.05) is 35.1 Å². The molecule has 0 spiro atoms. The molecule has 0 radical (unpaired) electrons. The number of ether oxygens (including phenoxy) is 2. The van der Waals surface area contributed by atoms with Crippen LogP contribution in [0, 0.1) is 0 Å². The lowest BCUT2D eigenvalue weighted by molar-refractivity contribution is -0.119. The second kappa shape index (κ2) is 9.48. The third-order valence-electron chi connectivity index (χ3n) is 5.28. The Bertz CT molecular complexity index is 783. The lowest BCUT2D eigenvalue weighted by Crippen LogP contribution is -2.37. The van der Waals surface area contributed by atoms with Crippen molar-refractivity contribution >= 4 is 38.3 Å². The Labute approximate surface area is 178 Å². The zero-order valence-corrected chi connectivity index (χ0v) is 18.2. The number of anilines is 1. The molecule has 150 valence electrons. The maximum absolute atomic E-state index is 13.1. The minimum Gasteiger partial charge on any atom is -0.378 e. The molecule has 2 aliphatic rings. The van der Waals surface area contributed by atoms with Crippen molar-refractivity contribution in [3.05, 3.63) is 34.1 Å². The van der Waals surface area contributed by atoms with Gasteiger partial charge in [-0.15, -0.1) is 11.3 Å². The minimum atomic E-state index is 0.103. The molecular formula is C21H25BrN2O3S. The average Bonchev–Trinajstić information content (AvgIpc) is 3.47. The number of hydrogen-bond donors (Lipinski definition) is 0. The number of halogens is 1. The summed E-state index contributed by atoms with van der Waals surface area (Å²) in [6, 6.07) is 8.08. The maximum Gasteiger partial charge on any atom is 0.228 e. The van der Waals surface area contributed by atoms with Gasteiger partial charge in [0.05, 0.1) is 24.4 Å². The smallest absolute Gasteiger partial charge is 0.228 e. The standard InChI is InChI=1S/C21H25BrN2O3S/c22-16-7-5-15(6-8-16)19-14-28-21(23-19)24(13-18-4-2-12-27-18)20(25)10-9-17-3-1-11-26-17/h5-8,14,17-18H,1-4,9-13H2. The molecule has 2 aromatic rings. The molecule has 2 unspecified atom stereocenters. The number of amides is 1. The third kappa shape index (κ3) is 5.00. The fraction of sp³-hybridized carbons (Fsp3) is 0.524. The van der Waals surface area contributed by atoms with Gasteiger partial charge < -0.3 is 9.47 Å². The Balaban J connectivity index is 1.48. The summed E-state index contributed by atoms with van der Waals surface area (Å²) in [5.74, 6) is 0.114. The third-order valence-corrected chi connectivity index (χ3v) is 6.67. The van der Waals surface area contributed by atoms with Crippen LogP contribution in [0.3, 0.4) is 0 Å². The van der Waals surface area contributed by atoms with Gasteiger partial charge in [0.1, 0.15) is 0 Å². The number of carbonyl (C=O) groups excluding carboxylic acids is 1. The van der Waals surface area contributed by atoms with Crippen LogP contribution in [-0.2, 0) is 14.3 Å². The summed E-state index contributed by atoms with van der Waals surface area (Å²) in [7, 11) is 0. The Morgan fingerprint density at radius 3 is 2.54 bits per heavy atom. The Kier molecular flexibility index (Phi) is 6.77. The molecule has 2 saturated heterocycles. The molecule has 3 heterocycles. The monoisotopic (exact) mass is 464 g/mol. The van der Waals surface area contributed by atoms with E-state index in [0.29, 0.717) is 13.0 Å². The fourth-order valence-corrected chi connectivity index (χ4v) is 4.84. The van der Waals surface area contributed by atoms with Crippen molar-refractivity contribution in [2.24, 2.45) is 0 Å². The minimum absolute atomic E-state index is 0.103. The highest BCUT2D eigenvalue weighted by Crippen LogP contribution is 2.30. The van der Waals surface area contributed by atoms with Gasteiger partial charge in [-0.05, 0) is 44.2 Å². The van der Waals surface area contributed by atoms with Gasteiger partial charge in [-0.1, -0.05) is 28.1 Å². The van der Waals surface area contributed by atoms with Gasteiger partial charge in [0.2, 0.25) is 5.91 Å². The van der Waals surface area contributed by atoms with E-state index in [0.717, 1.165) is 66.2 Å². The molecule has 2 fully saturated rings. The number of thiazole rings is 1. The van der Waals surface area contributed by atoms with Crippen molar-refractivity contribution < 1.29 is 14.3 Å².